The van der Waals surface area contributed by atoms with Gasteiger partial charge in [-0.1, -0.05) is 23.7 Å². The van der Waals surface area contributed by atoms with Gasteiger partial charge in [0.1, 0.15) is 5.82 Å². The molecular formula is C12H10ClFOS. The van der Waals surface area contributed by atoms with Gasteiger partial charge in [-0.25, -0.2) is 4.39 Å². The first-order valence-corrected chi connectivity index (χ1v) is 6.02. The summed E-state index contributed by atoms with van der Waals surface area (Å²) in [6.45, 7) is 0. The van der Waals surface area contributed by atoms with E-state index >= 15 is 0 Å². The Balaban J connectivity index is 2.10. The van der Waals surface area contributed by atoms with Crippen molar-refractivity contribution < 1.29 is 9.50 Å². The maximum Gasteiger partial charge on any atom is 0.123 e. The monoisotopic (exact) mass is 256 g/mol. The van der Waals surface area contributed by atoms with Crippen molar-refractivity contribution in [3.8, 4) is 0 Å². The molecule has 0 saturated heterocycles. The Morgan fingerprint density at radius 3 is 2.75 bits per heavy atom. The Hall–Kier alpha value is -0.900. The number of thiophene rings is 1. The number of halogens is 2. The average Bonchev–Trinajstić information content (AvgIpc) is 2.65. The highest BCUT2D eigenvalue weighted by Crippen LogP contribution is 2.28. The molecule has 2 aromatic rings. The molecule has 0 aliphatic rings. The minimum absolute atomic E-state index is 0.283. The summed E-state index contributed by atoms with van der Waals surface area (Å²) in [4.78, 5) is 0.800. The van der Waals surface area contributed by atoms with Gasteiger partial charge >= 0.3 is 0 Å². The number of aliphatic hydroxyl groups is 1. The van der Waals surface area contributed by atoms with Crippen LogP contribution in [0.4, 0.5) is 4.39 Å². The second-order valence-corrected chi connectivity index (χ2v) is 5.24. The fraction of sp³-hybridized carbons (Fsp3) is 0.167. The molecule has 2 rings (SSSR count). The van der Waals surface area contributed by atoms with Crippen molar-refractivity contribution >= 4 is 22.9 Å². The SMILES string of the molecule is OC(Cc1cccc(F)c1)c1ccc(Cl)s1. The van der Waals surface area contributed by atoms with Gasteiger partial charge in [-0.15, -0.1) is 11.3 Å². The van der Waals surface area contributed by atoms with Gasteiger partial charge in [0, 0.05) is 11.3 Å². The summed E-state index contributed by atoms with van der Waals surface area (Å²) in [5.74, 6) is -0.283. The minimum Gasteiger partial charge on any atom is -0.387 e. The molecule has 0 aliphatic heterocycles. The molecule has 16 heavy (non-hydrogen) atoms. The summed E-state index contributed by atoms with van der Waals surface area (Å²) in [6.07, 6.45) is -0.228. The number of rotatable bonds is 3. The van der Waals surface area contributed by atoms with Gasteiger partial charge in [-0.2, -0.15) is 0 Å². The maximum absolute atomic E-state index is 12.9. The molecule has 1 heterocycles. The number of hydrogen-bond acceptors (Lipinski definition) is 2. The molecule has 0 fully saturated rings. The third-order valence-electron chi connectivity index (χ3n) is 2.24. The lowest BCUT2D eigenvalue weighted by molar-refractivity contribution is 0.182. The summed E-state index contributed by atoms with van der Waals surface area (Å²) >= 11 is 7.12. The van der Waals surface area contributed by atoms with E-state index in [4.69, 9.17) is 11.6 Å². The first kappa shape index (κ1) is 11.6. The van der Waals surface area contributed by atoms with Crippen LogP contribution in [0.1, 0.15) is 16.5 Å². The number of aliphatic hydroxyl groups excluding tert-OH is 1. The van der Waals surface area contributed by atoms with Crippen molar-refractivity contribution in [2.24, 2.45) is 0 Å². The molecule has 4 heteroatoms. The Morgan fingerprint density at radius 2 is 2.12 bits per heavy atom. The van der Waals surface area contributed by atoms with Gasteiger partial charge in [-0.05, 0) is 29.8 Å². The lowest BCUT2D eigenvalue weighted by Crippen LogP contribution is -1.99. The van der Waals surface area contributed by atoms with Crippen molar-refractivity contribution in [2.75, 3.05) is 0 Å². The quantitative estimate of drug-likeness (QED) is 0.885. The van der Waals surface area contributed by atoms with Crippen LogP contribution in [0.2, 0.25) is 4.34 Å². The van der Waals surface area contributed by atoms with Crippen LogP contribution in [0, 0.1) is 5.82 Å². The van der Waals surface area contributed by atoms with Crippen LogP contribution in [0.3, 0.4) is 0 Å². The second kappa shape index (κ2) is 4.95. The van der Waals surface area contributed by atoms with Gasteiger partial charge in [0.2, 0.25) is 0 Å². The highest BCUT2D eigenvalue weighted by Gasteiger charge is 2.11. The van der Waals surface area contributed by atoms with E-state index in [-0.39, 0.29) is 5.82 Å². The zero-order valence-electron chi connectivity index (χ0n) is 8.36. The Bertz CT molecular complexity index is 483. The standard InChI is InChI=1S/C12H10ClFOS/c13-12-5-4-11(16-12)10(15)7-8-2-1-3-9(14)6-8/h1-6,10,15H,7H2. The topological polar surface area (TPSA) is 20.2 Å². The fourth-order valence-electron chi connectivity index (χ4n) is 1.50. The van der Waals surface area contributed by atoms with E-state index in [0.717, 1.165) is 10.4 Å². The van der Waals surface area contributed by atoms with E-state index in [1.54, 1.807) is 24.3 Å². The third kappa shape index (κ3) is 2.82. The zero-order valence-corrected chi connectivity index (χ0v) is 9.93. The Morgan fingerprint density at radius 1 is 1.31 bits per heavy atom. The summed E-state index contributed by atoms with van der Waals surface area (Å²) in [7, 11) is 0. The number of hydrogen-bond donors (Lipinski definition) is 1. The normalized spacial score (nSPS) is 12.7. The fourth-order valence-corrected chi connectivity index (χ4v) is 2.54. The molecule has 1 unspecified atom stereocenters. The van der Waals surface area contributed by atoms with Crippen LogP contribution >= 0.6 is 22.9 Å². The van der Waals surface area contributed by atoms with Crippen LogP contribution in [0.15, 0.2) is 36.4 Å². The molecule has 1 aromatic heterocycles. The minimum atomic E-state index is -0.626. The predicted octanol–water partition coefficient (Wildman–Crippen LogP) is 3.82. The number of benzene rings is 1. The van der Waals surface area contributed by atoms with Crippen molar-refractivity contribution in [1.82, 2.24) is 0 Å². The van der Waals surface area contributed by atoms with Crippen LogP contribution in [-0.2, 0) is 6.42 Å². The van der Waals surface area contributed by atoms with E-state index in [1.807, 2.05) is 0 Å². The largest absolute Gasteiger partial charge is 0.387 e. The molecule has 0 aliphatic carbocycles. The molecule has 1 atom stereocenters. The van der Waals surface area contributed by atoms with Crippen molar-refractivity contribution in [2.45, 2.75) is 12.5 Å². The van der Waals surface area contributed by atoms with E-state index in [1.165, 1.54) is 23.5 Å². The van der Waals surface area contributed by atoms with Crippen molar-refractivity contribution in [3.05, 3.63) is 57.0 Å². The molecule has 0 saturated carbocycles. The predicted molar refractivity (Wildman–Crippen MR) is 64.4 cm³/mol. The summed E-state index contributed by atoms with van der Waals surface area (Å²) in [5, 5.41) is 9.91. The Kier molecular flexibility index (Phi) is 3.59. The van der Waals surface area contributed by atoms with Crippen LogP contribution in [-0.4, -0.2) is 5.11 Å². The van der Waals surface area contributed by atoms with E-state index in [0.29, 0.717) is 10.8 Å². The van der Waals surface area contributed by atoms with Gasteiger partial charge in [0.25, 0.3) is 0 Å². The summed E-state index contributed by atoms with van der Waals surface area (Å²) in [5.41, 5.74) is 0.775. The van der Waals surface area contributed by atoms with Crippen LogP contribution < -0.4 is 0 Å². The smallest absolute Gasteiger partial charge is 0.123 e. The second-order valence-electron chi connectivity index (χ2n) is 3.49. The summed E-state index contributed by atoms with van der Waals surface area (Å²) < 4.78 is 13.6. The highest BCUT2D eigenvalue weighted by atomic mass is 35.5. The molecule has 1 aromatic carbocycles. The first-order valence-electron chi connectivity index (χ1n) is 4.83. The van der Waals surface area contributed by atoms with Gasteiger partial charge in [0.05, 0.1) is 10.4 Å². The molecular weight excluding hydrogens is 247 g/mol. The van der Waals surface area contributed by atoms with Crippen molar-refractivity contribution in [3.63, 3.8) is 0 Å². The lowest BCUT2D eigenvalue weighted by atomic mass is 10.1. The third-order valence-corrected chi connectivity index (χ3v) is 3.57. The van der Waals surface area contributed by atoms with Crippen molar-refractivity contribution in [1.29, 1.82) is 0 Å². The lowest BCUT2D eigenvalue weighted by Gasteiger charge is -2.08. The zero-order chi connectivity index (χ0) is 11.5. The van der Waals surface area contributed by atoms with Crippen LogP contribution in [0.25, 0.3) is 0 Å². The van der Waals surface area contributed by atoms with Gasteiger partial charge in [-0.3, -0.25) is 0 Å². The maximum atomic E-state index is 12.9. The molecule has 0 bridgehead atoms. The van der Waals surface area contributed by atoms with Crippen LogP contribution in [0.5, 0.6) is 0 Å². The highest BCUT2D eigenvalue weighted by molar-refractivity contribution is 7.16. The van der Waals surface area contributed by atoms with E-state index in [9.17, 15) is 9.50 Å². The molecule has 0 radical (unpaired) electrons. The molecule has 0 amide bonds. The molecule has 0 spiro atoms. The molecule has 1 N–H and O–H groups in total. The van der Waals surface area contributed by atoms with Gasteiger partial charge < -0.3 is 5.11 Å². The molecule has 1 nitrogen and oxygen atoms in total. The summed E-state index contributed by atoms with van der Waals surface area (Å²) in [6, 6.07) is 9.78. The van der Waals surface area contributed by atoms with Gasteiger partial charge in [0.15, 0.2) is 0 Å². The first-order chi connectivity index (χ1) is 7.65. The van der Waals surface area contributed by atoms with E-state index < -0.39 is 6.10 Å². The average molecular weight is 257 g/mol. The molecule has 84 valence electrons. The Labute approximate surface area is 102 Å². The van der Waals surface area contributed by atoms with E-state index in [2.05, 4.69) is 0 Å².